The van der Waals surface area contributed by atoms with Gasteiger partial charge in [0.1, 0.15) is 12.4 Å². The number of rotatable bonds is 4. The summed E-state index contributed by atoms with van der Waals surface area (Å²) < 4.78 is 26.7. The molecule has 2 heterocycles. The van der Waals surface area contributed by atoms with Crippen LogP contribution < -0.4 is 0 Å². The van der Waals surface area contributed by atoms with Crippen molar-refractivity contribution in [1.29, 1.82) is 0 Å². The Bertz CT molecular complexity index is 832. The van der Waals surface area contributed by atoms with Gasteiger partial charge in [-0.15, -0.1) is 0 Å². The van der Waals surface area contributed by atoms with Crippen LogP contribution in [-0.4, -0.2) is 34.6 Å². The zero-order valence-electron chi connectivity index (χ0n) is 13.5. The van der Waals surface area contributed by atoms with Gasteiger partial charge in [-0.1, -0.05) is 6.08 Å². The van der Waals surface area contributed by atoms with Crippen LogP contribution in [0.5, 0.6) is 0 Å². The van der Waals surface area contributed by atoms with Gasteiger partial charge in [0.05, 0.1) is 16.4 Å². The van der Waals surface area contributed by atoms with Crippen molar-refractivity contribution >= 4 is 21.6 Å². The Morgan fingerprint density at radius 2 is 2.08 bits per heavy atom. The molecule has 2 aliphatic rings. The van der Waals surface area contributed by atoms with E-state index in [2.05, 4.69) is 10.1 Å². The molecule has 0 spiro atoms. The molecule has 0 amide bonds. The second-order valence-corrected chi connectivity index (χ2v) is 7.96. The largest absolute Gasteiger partial charge is 0.363 e. The molecule has 0 saturated carbocycles. The summed E-state index contributed by atoms with van der Waals surface area (Å²) in [5.74, 6) is -0.229. The van der Waals surface area contributed by atoms with Crippen molar-refractivity contribution in [3.63, 3.8) is 0 Å². The third-order valence-corrected chi connectivity index (χ3v) is 6.21. The van der Waals surface area contributed by atoms with Gasteiger partial charge in [-0.05, 0) is 44.3 Å². The molecule has 1 aliphatic carbocycles. The average Bonchev–Trinajstić information content (AvgIpc) is 2.90. The lowest BCUT2D eigenvalue weighted by atomic mass is 9.94. The number of fused-ring (bicyclic) bond motifs is 2. The lowest BCUT2D eigenvalue weighted by Gasteiger charge is -2.26. The van der Waals surface area contributed by atoms with Crippen molar-refractivity contribution in [2.45, 2.75) is 51.3 Å². The highest BCUT2D eigenvalue weighted by molar-refractivity contribution is 7.94. The van der Waals surface area contributed by atoms with E-state index in [1.54, 1.807) is 17.0 Å². The number of nitrogens with zero attached hydrogens (tertiary/aromatic N) is 3. The van der Waals surface area contributed by atoms with Crippen LogP contribution >= 0.6 is 0 Å². The van der Waals surface area contributed by atoms with Gasteiger partial charge in [0.15, 0.2) is 16.1 Å². The van der Waals surface area contributed by atoms with E-state index < -0.39 is 16.1 Å². The van der Waals surface area contributed by atoms with Crippen molar-refractivity contribution in [2.24, 2.45) is 4.99 Å². The van der Waals surface area contributed by atoms with Crippen molar-refractivity contribution in [3.05, 3.63) is 34.0 Å². The highest BCUT2D eigenvalue weighted by Gasteiger charge is 2.37. The Kier molecular flexibility index (Phi) is 4.71. The summed E-state index contributed by atoms with van der Waals surface area (Å²) in [6.07, 6.45) is 6.44. The molecule has 0 bridgehead atoms. The normalized spacial score (nSPS) is 20.2. The summed E-state index contributed by atoms with van der Waals surface area (Å²) in [6, 6.07) is 0. The van der Waals surface area contributed by atoms with Crippen LogP contribution in [0.1, 0.15) is 55.8 Å². The third kappa shape index (κ3) is 2.97. The molecule has 1 aromatic heterocycles. The topological polar surface area (TPSA) is 105 Å². The molecule has 3 rings (SSSR count). The summed E-state index contributed by atoms with van der Waals surface area (Å²) in [5.41, 5.74) is 1.86. The van der Waals surface area contributed by atoms with Crippen LogP contribution in [0.25, 0.3) is 5.57 Å². The molecule has 1 aliphatic heterocycles. The van der Waals surface area contributed by atoms with Crippen LogP contribution in [0, 0.1) is 0 Å². The first-order valence-corrected chi connectivity index (χ1v) is 9.63. The van der Waals surface area contributed by atoms with E-state index in [0.29, 0.717) is 29.0 Å². The van der Waals surface area contributed by atoms with Crippen molar-refractivity contribution < 1.29 is 18.6 Å². The number of sulfone groups is 1. The SMILES string of the molecule is CC=CC=NCn1nc(C(O)O)c2c1C1=C(CCCC1)S(=O)(=O)C2. The number of aromatic nitrogens is 2. The lowest BCUT2D eigenvalue weighted by molar-refractivity contribution is -0.0467. The summed E-state index contributed by atoms with van der Waals surface area (Å²) in [4.78, 5) is 4.72. The molecular formula is C16H21N3O4S. The third-order valence-electron chi connectivity index (χ3n) is 4.34. The molecule has 0 atom stereocenters. The number of hydrogen-bond acceptors (Lipinski definition) is 6. The minimum Gasteiger partial charge on any atom is -0.363 e. The van der Waals surface area contributed by atoms with Crippen LogP contribution in [0.4, 0.5) is 0 Å². The summed E-state index contributed by atoms with van der Waals surface area (Å²) >= 11 is 0. The van der Waals surface area contributed by atoms with E-state index in [4.69, 9.17) is 0 Å². The predicted octanol–water partition coefficient (Wildman–Crippen LogP) is 1.68. The number of aliphatic imine (C=N–C) groups is 1. The minimum atomic E-state index is -3.41. The molecule has 0 radical (unpaired) electrons. The minimum absolute atomic E-state index is 0.00642. The van der Waals surface area contributed by atoms with Gasteiger partial charge in [-0.3, -0.25) is 4.99 Å². The van der Waals surface area contributed by atoms with Crippen molar-refractivity contribution in [3.8, 4) is 0 Å². The van der Waals surface area contributed by atoms with Crippen LogP contribution in [-0.2, 0) is 22.3 Å². The maximum Gasteiger partial charge on any atom is 0.198 e. The number of aliphatic hydroxyl groups is 2. The second-order valence-electron chi connectivity index (χ2n) is 5.95. The fourth-order valence-corrected chi connectivity index (χ4v) is 5.20. The Hall–Kier alpha value is -1.77. The molecular weight excluding hydrogens is 330 g/mol. The highest BCUT2D eigenvalue weighted by Crippen LogP contribution is 2.43. The molecule has 130 valence electrons. The molecule has 8 heteroatoms. The zero-order valence-corrected chi connectivity index (χ0v) is 14.3. The number of allylic oxidation sites excluding steroid dienone is 4. The van der Waals surface area contributed by atoms with E-state index in [1.807, 2.05) is 13.0 Å². The van der Waals surface area contributed by atoms with Gasteiger partial charge in [0.25, 0.3) is 0 Å². The van der Waals surface area contributed by atoms with Gasteiger partial charge in [-0.2, -0.15) is 5.10 Å². The van der Waals surface area contributed by atoms with Crippen molar-refractivity contribution in [1.82, 2.24) is 9.78 Å². The zero-order chi connectivity index (χ0) is 17.3. The van der Waals surface area contributed by atoms with Gasteiger partial charge in [-0.25, -0.2) is 13.1 Å². The maximum absolute atomic E-state index is 12.6. The quantitative estimate of drug-likeness (QED) is 0.634. The van der Waals surface area contributed by atoms with Crippen LogP contribution in [0.15, 0.2) is 22.0 Å². The Labute approximate surface area is 141 Å². The van der Waals surface area contributed by atoms with E-state index in [0.717, 1.165) is 18.4 Å². The molecule has 2 N–H and O–H groups in total. The Morgan fingerprint density at radius 3 is 2.79 bits per heavy atom. The predicted molar refractivity (Wildman–Crippen MR) is 90.7 cm³/mol. The molecule has 0 aromatic carbocycles. The van der Waals surface area contributed by atoms with E-state index in [-0.39, 0.29) is 18.1 Å². The lowest BCUT2D eigenvalue weighted by Crippen LogP contribution is -2.21. The van der Waals surface area contributed by atoms with E-state index in [1.165, 1.54) is 0 Å². The fraction of sp³-hybridized carbons (Fsp3) is 0.500. The fourth-order valence-electron chi connectivity index (χ4n) is 3.33. The second kappa shape index (κ2) is 6.62. The van der Waals surface area contributed by atoms with Gasteiger partial charge in [0, 0.05) is 11.8 Å². The van der Waals surface area contributed by atoms with E-state index in [9.17, 15) is 18.6 Å². The van der Waals surface area contributed by atoms with E-state index >= 15 is 0 Å². The number of hydrogen-bond donors (Lipinski definition) is 2. The first-order valence-electron chi connectivity index (χ1n) is 7.97. The van der Waals surface area contributed by atoms with Crippen LogP contribution in [0.2, 0.25) is 0 Å². The first-order chi connectivity index (χ1) is 11.5. The molecule has 7 nitrogen and oxygen atoms in total. The standard InChI is InChI=1S/C16H21N3O4S/c1-2-3-8-17-10-19-15-11-6-4-5-7-13(11)24(22,23)9-12(15)14(18-19)16(20)21/h2-3,8,16,20-21H,4-7,9-10H2,1H3. The molecule has 0 saturated heterocycles. The molecule has 0 fully saturated rings. The average molecular weight is 351 g/mol. The Morgan fingerprint density at radius 1 is 1.33 bits per heavy atom. The van der Waals surface area contributed by atoms with Crippen molar-refractivity contribution in [2.75, 3.05) is 0 Å². The highest BCUT2D eigenvalue weighted by atomic mass is 32.2. The first kappa shape index (κ1) is 17.1. The van der Waals surface area contributed by atoms with Gasteiger partial charge in [0.2, 0.25) is 0 Å². The monoisotopic (exact) mass is 351 g/mol. The molecule has 0 unspecified atom stereocenters. The molecule has 24 heavy (non-hydrogen) atoms. The maximum atomic E-state index is 12.6. The Balaban J connectivity index is 2.15. The van der Waals surface area contributed by atoms with Gasteiger partial charge < -0.3 is 10.2 Å². The summed E-state index contributed by atoms with van der Waals surface area (Å²) in [5, 5.41) is 23.4. The van der Waals surface area contributed by atoms with Crippen LogP contribution in [0.3, 0.4) is 0 Å². The summed E-state index contributed by atoms with van der Waals surface area (Å²) in [6.45, 7) is 2.09. The summed E-state index contributed by atoms with van der Waals surface area (Å²) in [7, 11) is -3.41. The van der Waals surface area contributed by atoms with Gasteiger partial charge >= 0.3 is 0 Å². The molecule has 1 aromatic rings. The number of aliphatic hydroxyl groups excluding tert-OH is 1. The smallest absolute Gasteiger partial charge is 0.198 e.